The van der Waals surface area contributed by atoms with E-state index in [4.69, 9.17) is 52.1 Å². The normalized spacial score (nSPS) is 21.7. The Kier molecular flexibility index (Phi) is 12.3. The first kappa shape index (κ1) is 38.2. The molecular formula is C41H47Cl2N5O5. The van der Waals surface area contributed by atoms with Crippen LogP contribution in [-0.4, -0.2) is 68.1 Å². The third-order valence-electron chi connectivity index (χ3n) is 10.5. The van der Waals surface area contributed by atoms with Crippen LogP contribution in [0.3, 0.4) is 0 Å². The summed E-state index contributed by atoms with van der Waals surface area (Å²) in [7, 11) is 4.89. The number of benzene rings is 1. The minimum Gasteiger partial charge on any atom is -0.501 e. The topological polar surface area (TPSA) is 100.0 Å². The maximum absolute atomic E-state index is 12.7. The van der Waals surface area contributed by atoms with E-state index in [1.807, 2.05) is 54.1 Å². The zero-order valence-electron chi connectivity index (χ0n) is 30.8. The molecule has 1 aliphatic carbocycles. The predicted octanol–water partition coefficient (Wildman–Crippen LogP) is 8.71. The van der Waals surface area contributed by atoms with Gasteiger partial charge in [0.2, 0.25) is 5.91 Å². The highest BCUT2D eigenvalue weighted by Crippen LogP contribution is 2.44. The molecule has 1 spiro atoms. The largest absolute Gasteiger partial charge is 0.501 e. The number of carbonyl (C=O) groups excluding carboxylic acids is 1. The van der Waals surface area contributed by atoms with Crippen molar-refractivity contribution in [3.63, 3.8) is 0 Å². The van der Waals surface area contributed by atoms with Gasteiger partial charge in [0.05, 0.1) is 49.2 Å². The van der Waals surface area contributed by atoms with Gasteiger partial charge >= 0.3 is 0 Å². The van der Waals surface area contributed by atoms with Crippen LogP contribution in [0.4, 0.5) is 11.4 Å². The smallest absolute Gasteiger partial charge is 0.247 e. The lowest BCUT2D eigenvalue weighted by atomic mass is 9.72. The zero-order valence-corrected chi connectivity index (χ0v) is 32.4. The van der Waals surface area contributed by atoms with Crippen molar-refractivity contribution in [1.29, 1.82) is 0 Å². The van der Waals surface area contributed by atoms with Crippen molar-refractivity contribution < 1.29 is 23.7 Å². The van der Waals surface area contributed by atoms with E-state index in [1.54, 1.807) is 33.7 Å². The van der Waals surface area contributed by atoms with Crippen LogP contribution in [0, 0.1) is 5.41 Å². The fraction of sp³-hybridized carbons (Fsp3) is 0.390. The zero-order chi connectivity index (χ0) is 37.5. The molecule has 2 fully saturated rings. The molecule has 280 valence electrons. The second-order valence-corrected chi connectivity index (χ2v) is 14.3. The molecule has 1 aromatic carbocycles. The van der Waals surface area contributed by atoms with Crippen LogP contribution in [0.2, 0.25) is 0 Å². The molecule has 0 saturated carbocycles. The van der Waals surface area contributed by atoms with Crippen molar-refractivity contribution in [2.24, 2.45) is 5.41 Å². The summed E-state index contributed by atoms with van der Waals surface area (Å²) in [4.78, 5) is 24.5. The molecule has 4 heterocycles. The molecule has 1 N–H and O–H groups in total. The van der Waals surface area contributed by atoms with Crippen LogP contribution in [0.5, 0.6) is 5.75 Å². The first-order valence-electron chi connectivity index (χ1n) is 17.9. The average Bonchev–Trinajstić information content (AvgIpc) is 3.66. The van der Waals surface area contributed by atoms with Crippen LogP contribution in [0.25, 0.3) is 11.3 Å². The van der Waals surface area contributed by atoms with Gasteiger partial charge in [0.1, 0.15) is 17.3 Å². The summed E-state index contributed by atoms with van der Waals surface area (Å²) in [6.45, 7) is 9.06. The van der Waals surface area contributed by atoms with Crippen molar-refractivity contribution in [3.8, 4) is 11.4 Å². The van der Waals surface area contributed by atoms with Gasteiger partial charge in [-0.1, -0.05) is 35.9 Å². The minimum absolute atomic E-state index is 0.269. The number of aromatic nitrogens is 3. The number of amides is 1. The van der Waals surface area contributed by atoms with E-state index in [2.05, 4.69) is 16.8 Å². The van der Waals surface area contributed by atoms with E-state index in [1.165, 1.54) is 6.08 Å². The van der Waals surface area contributed by atoms with Gasteiger partial charge in [-0.3, -0.25) is 14.3 Å². The summed E-state index contributed by atoms with van der Waals surface area (Å²) in [6.07, 6.45) is 16.2. The number of anilines is 2. The van der Waals surface area contributed by atoms with Crippen LogP contribution >= 0.6 is 23.2 Å². The number of rotatable bonds is 11. The quantitative estimate of drug-likeness (QED) is 0.194. The lowest BCUT2D eigenvalue weighted by Crippen LogP contribution is -2.43. The number of piperidine rings is 1. The molecule has 6 rings (SSSR count). The van der Waals surface area contributed by atoms with E-state index in [0.717, 1.165) is 97.4 Å². The highest BCUT2D eigenvalue weighted by molar-refractivity contribution is 6.38. The van der Waals surface area contributed by atoms with Gasteiger partial charge < -0.3 is 29.2 Å². The average molecular weight is 761 g/mol. The van der Waals surface area contributed by atoms with E-state index in [9.17, 15) is 4.79 Å². The summed E-state index contributed by atoms with van der Waals surface area (Å²) in [5.41, 5.74) is 5.90. The number of hydrogen-bond acceptors (Lipinski definition) is 8. The number of nitrogens with zero attached hydrogens (tertiary/aromatic N) is 4. The molecule has 2 aromatic heterocycles. The molecule has 0 unspecified atom stereocenters. The molecule has 1 amide bonds. The SMILES string of the molecule is C=CC(=O)Nc1cc(Cc2cc(-n3ccnc3C(=C\C)/C3=C(\Cl)C/C(OC)=C\C/C(OC)=C\3Cl)ccn2)c(OC)cc1N1CCC2(CCOCC2)CC1. The number of allylic oxidation sites excluding steroid dienone is 6. The van der Waals surface area contributed by atoms with Gasteiger partial charge in [0, 0.05) is 97.7 Å². The van der Waals surface area contributed by atoms with Crippen molar-refractivity contribution >= 4 is 46.1 Å². The van der Waals surface area contributed by atoms with Gasteiger partial charge in [-0.2, -0.15) is 0 Å². The number of carbonyl (C=O) groups is 1. The fourth-order valence-electron chi connectivity index (χ4n) is 7.48. The Hall–Kier alpha value is -4.51. The number of hydrogen-bond donors (Lipinski definition) is 1. The Morgan fingerprint density at radius 3 is 2.49 bits per heavy atom. The van der Waals surface area contributed by atoms with Crippen molar-refractivity contribution in [2.75, 3.05) is 57.8 Å². The molecular weight excluding hydrogens is 713 g/mol. The van der Waals surface area contributed by atoms with E-state index in [0.29, 0.717) is 51.9 Å². The minimum atomic E-state index is -0.269. The highest BCUT2D eigenvalue weighted by Gasteiger charge is 2.37. The number of halogens is 2. The maximum atomic E-state index is 12.7. The Balaban J connectivity index is 1.32. The van der Waals surface area contributed by atoms with Crippen LogP contribution in [0.1, 0.15) is 62.5 Å². The van der Waals surface area contributed by atoms with Gasteiger partial charge in [-0.05, 0) is 68.4 Å². The Morgan fingerprint density at radius 1 is 1.04 bits per heavy atom. The summed E-state index contributed by atoms with van der Waals surface area (Å²) in [5.74, 6) is 2.40. The number of imidazole rings is 1. The number of methoxy groups -OCH3 is 3. The monoisotopic (exact) mass is 759 g/mol. The van der Waals surface area contributed by atoms with E-state index < -0.39 is 0 Å². The number of nitrogens with one attached hydrogen (secondary N) is 1. The van der Waals surface area contributed by atoms with Crippen LogP contribution in [0.15, 0.2) is 94.8 Å². The third kappa shape index (κ3) is 8.35. The Bertz CT molecular complexity index is 1960. The molecule has 2 saturated heterocycles. The molecule has 10 nitrogen and oxygen atoms in total. The Labute approximate surface area is 321 Å². The van der Waals surface area contributed by atoms with Gasteiger partial charge in [0.25, 0.3) is 0 Å². The van der Waals surface area contributed by atoms with Crippen LogP contribution < -0.4 is 15.0 Å². The molecule has 0 atom stereocenters. The molecule has 12 heteroatoms. The van der Waals surface area contributed by atoms with E-state index in [-0.39, 0.29) is 5.91 Å². The van der Waals surface area contributed by atoms with Crippen molar-refractivity contribution in [2.45, 2.75) is 51.9 Å². The third-order valence-corrected chi connectivity index (χ3v) is 11.3. The van der Waals surface area contributed by atoms with Crippen molar-refractivity contribution in [3.05, 3.63) is 112 Å². The molecule has 3 aliphatic rings. The number of ether oxygens (including phenoxy) is 4. The summed E-state index contributed by atoms with van der Waals surface area (Å²) < 4.78 is 24.9. The van der Waals surface area contributed by atoms with Crippen molar-refractivity contribution in [1.82, 2.24) is 14.5 Å². The second kappa shape index (κ2) is 17.1. The lowest BCUT2D eigenvalue weighted by Gasteiger charge is -2.45. The van der Waals surface area contributed by atoms with Crippen LogP contribution in [-0.2, 0) is 25.4 Å². The van der Waals surface area contributed by atoms with Gasteiger partial charge in [-0.25, -0.2) is 4.98 Å². The van der Waals surface area contributed by atoms with E-state index >= 15 is 0 Å². The first-order chi connectivity index (χ1) is 25.7. The Morgan fingerprint density at radius 2 is 1.81 bits per heavy atom. The molecule has 3 aromatic rings. The molecule has 53 heavy (non-hydrogen) atoms. The maximum Gasteiger partial charge on any atom is 0.247 e. The predicted molar refractivity (Wildman–Crippen MR) is 211 cm³/mol. The lowest BCUT2D eigenvalue weighted by molar-refractivity contribution is -0.111. The number of pyridine rings is 1. The first-order valence-corrected chi connectivity index (χ1v) is 18.7. The summed E-state index contributed by atoms with van der Waals surface area (Å²) >= 11 is 14.0. The standard InChI is InChI=1S/C41H47Cl2N5O5/c1-6-31(38-32(42)25-30(50-3)8-9-35(51-4)39(38)43)40-45-16-19-48(40)29-10-15-44-28(24-29)22-27-23-33(46-37(49)7-2)34(26-36(27)52-5)47-17-11-41(12-18-47)13-20-53-21-14-41/h6-8,10,15-16,19,23-24,26H,2,9,11-14,17-18,20-22,25H2,1,3-5H3,(H,46,49)/b30-8+,31-6-,38-32+,39-35-. The highest BCUT2D eigenvalue weighted by atomic mass is 35.5. The van der Waals surface area contributed by atoms with Gasteiger partial charge in [0.15, 0.2) is 0 Å². The molecule has 0 radical (unpaired) electrons. The summed E-state index contributed by atoms with van der Waals surface area (Å²) in [6, 6.07) is 7.98. The second-order valence-electron chi connectivity index (χ2n) is 13.5. The fourth-order valence-corrected chi connectivity index (χ4v) is 8.22. The summed E-state index contributed by atoms with van der Waals surface area (Å²) in [5, 5.41) is 4.00. The molecule has 0 bridgehead atoms. The molecule has 2 aliphatic heterocycles. The van der Waals surface area contributed by atoms with Gasteiger partial charge in [-0.15, -0.1) is 0 Å².